The van der Waals surface area contributed by atoms with Crippen LogP contribution in [-0.4, -0.2) is 22.5 Å². The van der Waals surface area contributed by atoms with Gasteiger partial charge in [-0.1, -0.05) is 42.5 Å². The molecule has 1 aliphatic rings. The SMILES string of the molecule is O=C(Nc1ccc(F)cc1F)c1ccc([C@@H]2SCC(=O)N2Cc2ccccc2)cc1. The van der Waals surface area contributed by atoms with Crippen LogP contribution in [0.5, 0.6) is 0 Å². The van der Waals surface area contributed by atoms with Gasteiger partial charge in [0.25, 0.3) is 5.91 Å². The van der Waals surface area contributed by atoms with Gasteiger partial charge in [-0.15, -0.1) is 11.8 Å². The van der Waals surface area contributed by atoms with E-state index in [1.807, 2.05) is 35.2 Å². The zero-order chi connectivity index (χ0) is 21.1. The highest BCUT2D eigenvalue weighted by molar-refractivity contribution is 8.00. The van der Waals surface area contributed by atoms with Gasteiger partial charge in [0.05, 0.1) is 11.4 Å². The summed E-state index contributed by atoms with van der Waals surface area (Å²) in [6.07, 6.45) is 0. The molecule has 1 heterocycles. The molecule has 152 valence electrons. The van der Waals surface area contributed by atoms with Gasteiger partial charge >= 0.3 is 0 Å². The maximum Gasteiger partial charge on any atom is 0.255 e. The molecule has 0 aromatic heterocycles. The monoisotopic (exact) mass is 424 g/mol. The molecule has 0 radical (unpaired) electrons. The molecule has 1 N–H and O–H groups in total. The standard InChI is InChI=1S/C23H18F2N2O2S/c24-18-10-11-20(19(25)12-18)26-22(29)16-6-8-17(9-7-16)23-27(21(28)14-30-23)13-15-4-2-1-3-5-15/h1-12,23H,13-14H2,(H,26,29)/t23-/m0/s1. The lowest BCUT2D eigenvalue weighted by Gasteiger charge is -2.24. The van der Waals surface area contributed by atoms with E-state index >= 15 is 0 Å². The van der Waals surface area contributed by atoms with Crippen LogP contribution in [0, 0.1) is 11.6 Å². The number of carbonyl (C=O) groups is 2. The summed E-state index contributed by atoms with van der Waals surface area (Å²) in [5.74, 6) is -1.56. The number of nitrogens with one attached hydrogen (secondary N) is 1. The predicted molar refractivity (Wildman–Crippen MR) is 113 cm³/mol. The summed E-state index contributed by atoms with van der Waals surface area (Å²) in [5.41, 5.74) is 2.21. The van der Waals surface area contributed by atoms with Crippen molar-refractivity contribution in [1.82, 2.24) is 4.90 Å². The third kappa shape index (κ3) is 4.36. The quantitative estimate of drug-likeness (QED) is 0.628. The highest BCUT2D eigenvalue weighted by Crippen LogP contribution is 2.39. The van der Waals surface area contributed by atoms with Crippen molar-refractivity contribution < 1.29 is 18.4 Å². The second-order valence-corrected chi connectivity index (χ2v) is 7.94. The first-order valence-corrected chi connectivity index (χ1v) is 10.4. The lowest BCUT2D eigenvalue weighted by Crippen LogP contribution is -2.27. The van der Waals surface area contributed by atoms with Gasteiger partial charge in [-0.3, -0.25) is 9.59 Å². The second kappa shape index (κ2) is 8.67. The van der Waals surface area contributed by atoms with Gasteiger partial charge in [0.1, 0.15) is 17.0 Å². The molecule has 0 unspecified atom stereocenters. The summed E-state index contributed by atoms with van der Waals surface area (Å²) in [6, 6.07) is 19.6. The number of anilines is 1. The van der Waals surface area contributed by atoms with Gasteiger partial charge in [0, 0.05) is 18.2 Å². The number of rotatable bonds is 5. The molecule has 1 aliphatic heterocycles. The fourth-order valence-electron chi connectivity index (χ4n) is 3.27. The van der Waals surface area contributed by atoms with E-state index in [0.29, 0.717) is 23.9 Å². The largest absolute Gasteiger partial charge is 0.322 e. The van der Waals surface area contributed by atoms with Gasteiger partial charge in [0.15, 0.2) is 0 Å². The van der Waals surface area contributed by atoms with E-state index in [1.54, 1.807) is 36.0 Å². The zero-order valence-corrected chi connectivity index (χ0v) is 16.7. The topological polar surface area (TPSA) is 49.4 Å². The Morgan fingerprint density at radius 3 is 2.47 bits per heavy atom. The second-order valence-electron chi connectivity index (χ2n) is 6.87. The van der Waals surface area contributed by atoms with Crippen LogP contribution in [0.25, 0.3) is 0 Å². The average molecular weight is 424 g/mol. The van der Waals surface area contributed by atoms with Gasteiger partial charge < -0.3 is 10.2 Å². The van der Waals surface area contributed by atoms with E-state index in [2.05, 4.69) is 5.32 Å². The third-order valence-electron chi connectivity index (χ3n) is 4.80. The van der Waals surface area contributed by atoms with Gasteiger partial charge in [-0.25, -0.2) is 8.78 Å². The molecule has 0 spiro atoms. The Labute approximate surface area is 176 Å². The van der Waals surface area contributed by atoms with E-state index in [0.717, 1.165) is 17.2 Å². The van der Waals surface area contributed by atoms with Crippen molar-refractivity contribution in [2.24, 2.45) is 0 Å². The minimum Gasteiger partial charge on any atom is -0.322 e. The summed E-state index contributed by atoms with van der Waals surface area (Å²) >= 11 is 1.54. The minimum atomic E-state index is -0.836. The highest BCUT2D eigenvalue weighted by Gasteiger charge is 2.32. The van der Waals surface area contributed by atoms with Crippen molar-refractivity contribution in [3.63, 3.8) is 0 Å². The lowest BCUT2D eigenvalue weighted by molar-refractivity contribution is -0.128. The molecular formula is C23H18F2N2O2S. The number of carbonyl (C=O) groups excluding carboxylic acids is 2. The van der Waals surface area contributed by atoms with E-state index in [4.69, 9.17) is 0 Å². The molecule has 7 heteroatoms. The molecule has 1 fully saturated rings. The number of thioether (sulfide) groups is 1. The van der Waals surface area contributed by atoms with Crippen molar-refractivity contribution in [3.8, 4) is 0 Å². The van der Waals surface area contributed by atoms with Crippen LogP contribution in [-0.2, 0) is 11.3 Å². The molecule has 1 saturated heterocycles. The maximum atomic E-state index is 13.8. The number of hydrogen-bond donors (Lipinski definition) is 1. The van der Waals surface area contributed by atoms with E-state index in [-0.39, 0.29) is 17.0 Å². The van der Waals surface area contributed by atoms with Crippen molar-refractivity contribution in [3.05, 3.63) is 101 Å². The minimum absolute atomic E-state index is 0.0717. The summed E-state index contributed by atoms with van der Waals surface area (Å²) in [4.78, 5) is 26.6. The molecule has 4 nitrogen and oxygen atoms in total. The molecule has 4 rings (SSSR count). The Balaban J connectivity index is 1.48. The van der Waals surface area contributed by atoms with Crippen LogP contribution >= 0.6 is 11.8 Å². The summed E-state index contributed by atoms with van der Waals surface area (Å²) in [6.45, 7) is 0.517. The normalized spacial score (nSPS) is 16.0. The molecule has 0 saturated carbocycles. The molecule has 3 aromatic carbocycles. The van der Waals surface area contributed by atoms with E-state index in [9.17, 15) is 18.4 Å². The first-order chi connectivity index (χ1) is 14.5. The van der Waals surface area contributed by atoms with Crippen molar-refractivity contribution in [1.29, 1.82) is 0 Å². The number of amides is 2. The average Bonchev–Trinajstić information content (AvgIpc) is 3.11. The Bertz CT molecular complexity index is 1070. The third-order valence-corrected chi connectivity index (χ3v) is 6.06. The molecular weight excluding hydrogens is 406 g/mol. The number of benzene rings is 3. The Hall–Kier alpha value is -3.19. The summed E-state index contributed by atoms with van der Waals surface area (Å²) in [7, 11) is 0. The first kappa shape index (κ1) is 20.1. The highest BCUT2D eigenvalue weighted by atomic mass is 32.2. The Morgan fingerprint density at radius 1 is 1.03 bits per heavy atom. The van der Waals surface area contributed by atoms with Crippen LogP contribution in [0.15, 0.2) is 72.8 Å². The maximum absolute atomic E-state index is 13.8. The molecule has 1 atom stereocenters. The molecule has 2 amide bonds. The first-order valence-electron chi connectivity index (χ1n) is 9.32. The van der Waals surface area contributed by atoms with Crippen LogP contribution in [0.4, 0.5) is 14.5 Å². The summed E-state index contributed by atoms with van der Waals surface area (Å²) < 4.78 is 26.8. The van der Waals surface area contributed by atoms with Gasteiger partial charge in [-0.2, -0.15) is 0 Å². The van der Waals surface area contributed by atoms with E-state index in [1.165, 1.54) is 6.07 Å². The zero-order valence-electron chi connectivity index (χ0n) is 15.8. The van der Waals surface area contributed by atoms with Crippen molar-refractivity contribution >= 4 is 29.3 Å². The lowest BCUT2D eigenvalue weighted by atomic mass is 10.1. The molecule has 0 aliphatic carbocycles. The Kier molecular flexibility index (Phi) is 5.81. The number of nitrogens with zero attached hydrogens (tertiary/aromatic N) is 1. The van der Waals surface area contributed by atoms with Crippen LogP contribution in [0.1, 0.15) is 26.9 Å². The fraction of sp³-hybridized carbons (Fsp3) is 0.130. The van der Waals surface area contributed by atoms with Gasteiger partial charge in [0.2, 0.25) is 5.91 Å². The predicted octanol–water partition coefficient (Wildman–Crippen LogP) is 4.99. The van der Waals surface area contributed by atoms with Crippen molar-refractivity contribution in [2.75, 3.05) is 11.1 Å². The number of halogens is 2. The summed E-state index contributed by atoms with van der Waals surface area (Å²) in [5, 5.41) is 2.31. The smallest absolute Gasteiger partial charge is 0.255 e. The van der Waals surface area contributed by atoms with Crippen LogP contribution in [0.2, 0.25) is 0 Å². The number of hydrogen-bond acceptors (Lipinski definition) is 3. The molecule has 0 bridgehead atoms. The fourth-order valence-corrected chi connectivity index (χ4v) is 4.45. The molecule has 3 aromatic rings. The van der Waals surface area contributed by atoms with Crippen LogP contribution < -0.4 is 5.32 Å². The van der Waals surface area contributed by atoms with E-state index < -0.39 is 17.5 Å². The van der Waals surface area contributed by atoms with Crippen molar-refractivity contribution in [2.45, 2.75) is 11.9 Å². The molecule has 30 heavy (non-hydrogen) atoms. The Morgan fingerprint density at radius 2 is 1.77 bits per heavy atom. The van der Waals surface area contributed by atoms with Gasteiger partial charge in [-0.05, 0) is 35.4 Å². The van der Waals surface area contributed by atoms with Crippen LogP contribution in [0.3, 0.4) is 0 Å².